The molecule has 3 aromatic rings. The van der Waals surface area contributed by atoms with Crippen LogP contribution in [0.25, 0.3) is 11.2 Å². The number of H-pyrrole nitrogens is 1. The second-order valence-electron chi connectivity index (χ2n) is 7.51. The number of carbonyl (C=O) groups is 2. The molecular weight excluding hydrogens is 488 g/mol. The number of benzene rings is 1. The summed E-state index contributed by atoms with van der Waals surface area (Å²) in [5.41, 5.74) is 14.1. The van der Waals surface area contributed by atoms with E-state index >= 15 is 0 Å². The van der Waals surface area contributed by atoms with Crippen molar-refractivity contribution < 1.29 is 14.3 Å². The van der Waals surface area contributed by atoms with E-state index in [0.29, 0.717) is 62.5 Å². The Kier molecular flexibility index (Phi) is 10.9. The molecule has 11 nitrogen and oxygen atoms in total. The van der Waals surface area contributed by atoms with Crippen LogP contribution in [0, 0.1) is 0 Å². The highest BCUT2D eigenvalue weighted by molar-refractivity contribution is 8.76. The molecule has 7 N–H and O–H groups in total. The van der Waals surface area contributed by atoms with Gasteiger partial charge in [-0.3, -0.25) is 9.59 Å². The van der Waals surface area contributed by atoms with Gasteiger partial charge in [0.25, 0.3) is 0 Å². The summed E-state index contributed by atoms with van der Waals surface area (Å²) >= 11 is 0. The largest absolute Gasteiger partial charge is 0.471 e. The van der Waals surface area contributed by atoms with Gasteiger partial charge in [-0.2, -0.15) is 9.97 Å². The third-order valence-electron chi connectivity index (χ3n) is 4.76. The maximum atomic E-state index is 12.1. The van der Waals surface area contributed by atoms with Crippen LogP contribution in [0.1, 0.15) is 30.4 Å². The summed E-state index contributed by atoms with van der Waals surface area (Å²) in [6.07, 6.45) is 2.67. The summed E-state index contributed by atoms with van der Waals surface area (Å²) in [7, 11) is 3.40. The lowest BCUT2D eigenvalue weighted by Crippen LogP contribution is -2.26. The summed E-state index contributed by atoms with van der Waals surface area (Å²) < 4.78 is 5.78. The fourth-order valence-corrected chi connectivity index (χ4v) is 4.78. The minimum absolute atomic E-state index is 0.0297. The lowest BCUT2D eigenvalue weighted by Gasteiger charge is -2.09. The van der Waals surface area contributed by atoms with Crippen LogP contribution in [0.5, 0.6) is 5.88 Å². The summed E-state index contributed by atoms with van der Waals surface area (Å²) in [4.78, 5) is 39.1. The topological polar surface area (TPSA) is 174 Å². The number of ether oxygens (including phenoxy) is 1. The SMILES string of the molecule is NCCSSCCNC(=O)CCCC(=O)NCc1ccc(COc2nc(N)nc3nc[nH]c23)cc1. The molecule has 0 atom stereocenters. The Morgan fingerprint density at radius 3 is 2.49 bits per heavy atom. The van der Waals surface area contributed by atoms with Crippen LogP contribution < -0.4 is 26.8 Å². The second-order valence-corrected chi connectivity index (χ2v) is 10.2. The van der Waals surface area contributed by atoms with Gasteiger partial charge in [-0.1, -0.05) is 45.9 Å². The minimum Gasteiger partial charge on any atom is -0.471 e. The van der Waals surface area contributed by atoms with Crippen molar-refractivity contribution >= 4 is 50.5 Å². The van der Waals surface area contributed by atoms with Gasteiger partial charge in [0.15, 0.2) is 5.65 Å². The van der Waals surface area contributed by atoms with Crippen molar-refractivity contribution in [2.45, 2.75) is 32.4 Å². The van der Waals surface area contributed by atoms with Crippen molar-refractivity contribution in [3.05, 3.63) is 41.7 Å². The Hall–Kier alpha value is -3.03. The van der Waals surface area contributed by atoms with Crippen LogP contribution in [0.2, 0.25) is 0 Å². The maximum absolute atomic E-state index is 12.1. The Balaban J connectivity index is 1.31. The van der Waals surface area contributed by atoms with E-state index in [2.05, 4.69) is 30.6 Å². The molecule has 0 fully saturated rings. The first-order valence-corrected chi connectivity index (χ1v) is 13.7. The molecule has 0 aliphatic carbocycles. The van der Waals surface area contributed by atoms with Crippen LogP contribution in [-0.4, -0.2) is 56.3 Å². The third-order valence-corrected chi connectivity index (χ3v) is 7.20. The van der Waals surface area contributed by atoms with Gasteiger partial charge in [0.05, 0.1) is 6.33 Å². The highest BCUT2D eigenvalue weighted by atomic mass is 33.1. The Bertz CT molecular complexity index is 1090. The molecule has 35 heavy (non-hydrogen) atoms. The van der Waals surface area contributed by atoms with E-state index in [0.717, 1.165) is 22.6 Å². The highest BCUT2D eigenvalue weighted by Crippen LogP contribution is 2.21. The molecule has 3 rings (SSSR count). The van der Waals surface area contributed by atoms with E-state index in [1.807, 2.05) is 24.3 Å². The van der Waals surface area contributed by atoms with Crippen molar-refractivity contribution in [1.82, 2.24) is 30.6 Å². The van der Waals surface area contributed by atoms with E-state index < -0.39 is 0 Å². The van der Waals surface area contributed by atoms with Gasteiger partial charge in [-0.25, -0.2) is 4.98 Å². The van der Waals surface area contributed by atoms with Crippen LogP contribution in [0.4, 0.5) is 5.95 Å². The number of hydrogen-bond acceptors (Lipinski definition) is 10. The van der Waals surface area contributed by atoms with E-state index in [1.165, 1.54) is 6.33 Å². The zero-order valence-corrected chi connectivity index (χ0v) is 20.9. The molecule has 0 saturated heterocycles. The van der Waals surface area contributed by atoms with Crippen LogP contribution >= 0.6 is 21.6 Å². The Morgan fingerprint density at radius 2 is 1.71 bits per heavy atom. The average Bonchev–Trinajstić information content (AvgIpc) is 3.32. The first-order chi connectivity index (χ1) is 17.0. The highest BCUT2D eigenvalue weighted by Gasteiger charge is 2.10. The molecule has 13 heteroatoms. The molecule has 188 valence electrons. The second kappa shape index (κ2) is 14.4. The van der Waals surface area contributed by atoms with Gasteiger partial charge < -0.3 is 31.8 Å². The number of nitrogens with zero attached hydrogens (tertiary/aromatic N) is 3. The van der Waals surface area contributed by atoms with Crippen LogP contribution in [0.3, 0.4) is 0 Å². The van der Waals surface area contributed by atoms with Gasteiger partial charge in [0.2, 0.25) is 23.6 Å². The fraction of sp³-hybridized carbons (Fsp3) is 0.409. The summed E-state index contributed by atoms with van der Waals surface area (Å²) in [5, 5.41) is 5.75. The van der Waals surface area contributed by atoms with Crippen molar-refractivity contribution in [3.8, 4) is 5.88 Å². The number of nitrogens with two attached hydrogens (primary N) is 2. The first-order valence-electron chi connectivity index (χ1n) is 11.2. The van der Waals surface area contributed by atoms with Gasteiger partial charge in [0.1, 0.15) is 12.1 Å². The number of aromatic nitrogens is 4. The number of nitrogens with one attached hydrogen (secondary N) is 3. The predicted molar refractivity (Wildman–Crippen MR) is 140 cm³/mol. The summed E-state index contributed by atoms with van der Waals surface area (Å²) in [5.74, 6) is 2.07. The van der Waals surface area contributed by atoms with Crippen molar-refractivity contribution in [2.75, 3.05) is 30.3 Å². The molecule has 0 radical (unpaired) electrons. The first kappa shape index (κ1) is 26.6. The smallest absolute Gasteiger partial charge is 0.245 e. The quantitative estimate of drug-likeness (QED) is 0.147. The minimum atomic E-state index is -0.0797. The molecule has 0 aliphatic rings. The molecule has 0 spiro atoms. The average molecular weight is 519 g/mol. The standard InChI is InChI=1S/C22H30N8O3S2/c23-8-10-34-35-11-9-25-17(31)2-1-3-18(32)26-12-15-4-6-16(7-5-15)13-33-21-19-20(28-14-27-19)29-22(24)30-21/h4-7,14H,1-3,8-13,23H2,(H,25,31)(H,26,32)(H3,24,27,28,29,30). The van der Waals surface area contributed by atoms with E-state index in [-0.39, 0.29) is 17.8 Å². The Labute approximate surface area is 211 Å². The molecule has 2 amide bonds. The number of carbonyl (C=O) groups excluding carboxylic acids is 2. The number of anilines is 1. The van der Waals surface area contributed by atoms with Gasteiger partial charge >= 0.3 is 0 Å². The number of nitrogen functional groups attached to an aromatic ring is 1. The summed E-state index contributed by atoms with van der Waals surface area (Å²) in [6, 6.07) is 7.70. The van der Waals surface area contributed by atoms with E-state index in [1.54, 1.807) is 21.6 Å². The van der Waals surface area contributed by atoms with Crippen molar-refractivity contribution in [1.29, 1.82) is 0 Å². The monoisotopic (exact) mass is 518 g/mol. The maximum Gasteiger partial charge on any atom is 0.245 e. The fourth-order valence-electron chi connectivity index (χ4n) is 3.02. The van der Waals surface area contributed by atoms with E-state index in [9.17, 15) is 9.59 Å². The molecule has 1 aromatic carbocycles. The molecule has 0 aliphatic heterocycles. The number of amides is 2. The van der Waals surface area contributed by atoms with E-state index in [4.69, 9.17) is 16.2 Å². The Morgan fingerprint density at radius 1 is 1.00 bits per heavy atom. The zero-order chi connectivity index (χ0) is 24.9. The molecule has 0 bridgehead atoms. The number of fused-ring (bicyclic) bond motifs is 1. The predicted octanol–water partition coefficient (Wildman–Crippen LogP) is 1.76. The van der Waals surface area contributed by atoms with Gasteiger partial charge in [0, 0.05) is 44.0 Å². The lowest BCUT2D eigenvalue weighted by molar-refractivity contribution is -0.122. The molecule has 2 heterocycles. The zero-order valence-electron chi connectivity index (χ0n) is 19.3. The number of imidazole rings is 1. The normalized spacial score (nSPS) is 10.9. The third kappa shape index (κ3) is 9.26. The number of aromatic amines is 1. The molecular formula is C22H30N8O3S2. The summed E-state index contributed by atoms with van der Waals surface area (Å²) in [6.45, 7) is 1.99. The van der Waals surface area contributed by atoms with Gasteiger partial charge in [-0.05, 0) is 17.5 Å². The van der Waals surface area contributed by atoms with Crippen molar-refractivity contribution in [3.63, 3.8) is 0 Å². The van der Waals surface area contributed by atoms with Crippen LogP contribution in [-0.2, 0) is 22.7 Å². The molecule has 0 unspecified atom stereocenters. The molecule has 2 aromatic heterocycles. The van der Waals surface area contributed by atoms with Gasteiger partial charge in [-0.15, -0.1) is 0 Å². The number of rotatable bonds is 15. The lowest BCUT2D eigenvalue weighted by atomic mass is 10.1. The van der Waals surface area contributed by atoms with Crippen LogP contribution in [0.15, 0.2) is 30.6 Å². The number of hydrogen-bond donors (Lipinski definition) is 5. The molecule has 0 saturated carbocycles. The van der Waals surface area contributed by atoms with Crippen molar-refractivity contribution in [2.24, 2.45) is 5.73 Å².